The molecule has 0 aliphatic rings. The zero-order valence-corrected chi connectivity index (χ0v) is 10.2. The largest absolute Gasteiger partial charge is 0.481 e. The first-order chi connectivity index (χ1) is 8.66. The lowest BCUT2D eigenvalue weighted by Crippen LogP contribution is -2.14. The quantitative estimate of drug-likeness (QED) is 0.895. The van der Waals surface area contributed by atoms with Crippen molar-refractivity contribution in [3.05, 3.63) is 65.5 Å². The van der Waals surface area contributed by atoms with E-state index in [1.807, 2.05) is 43.3 Å². The summed E-state index contributed by atoms with van der Waals surface area (Å²) in [5, 5.41) is 9.34. The van der Waals surface area contributed by atoms with Gasteiger partial charge >= 0.3 is 5.97 Å². The predicted octanol–water partition coefficient (Wildman–Crippen LogP) is 2.80. The fraction of sp³-hybridized carbons (Fsp3) is 0.200. The van der Waals surface area contributed by atoms with E-state index in [1.165, 1.54) is 0 Å². The van der Waals surface area contributed by atoms with Gasteiger partial charge in [-0.2, -0.15) is 0 Å². The maximum Gasteiger partial charge on any atom is 0.311 e. The summed E-state index contributed by atoms with van der Waals surface area (Å²) in [7, 11) is 0. The predicted molar refractivity (Wildman–Crippen MR) is 69.5 cm³/mol. The molecule has 1 heterocycles. The normalized spacial score (nSPS) is 12.1. The van der Waals surface area contributed by atoms with Crippen LogP contribution in [0.3, 0.4) is 0 Å². The van der Waals surface area contributed by atoms with Crippen LogP contribution in [0.15, 0.2) is 48.8 Å². The Labute approximate surface area is 106 Å². The molecule has 0 saturated heterocycles. The fourth-order valence-electron chi connectivity index (χ4n) is 1.90. The Bertz CT molecular complexity index is 520. The summed E-state index contributed by atoms with van der Waals surface area (Å²) >= 11 is 0. The molecule has 3 heteroatoms. The molecule has 1 N–H and O–H groups in total. The molecular formula is C15H15NO2. The van der Waals surface area contributed by atoms with Crippen molar-refractivity contribution in [3.63, 3.8) is 0 Å². The third-order valence-corrected chi connectivity index (χ3v) is 2.97. The van der Waals surface area contributed by atoms with Crippen molar-refractivity contribution >= 4 is 5.97 Å². The maximum atomic E-state index is 11.4. The number of nitrogens with zero attached hydrogens (tertiary/aromatic N) is 1. The molecule has 0 amide bonds. The number of aromatic nitrogens is 1. The number of hydrogen-bond donors (Lipinski definition) is 1. The lowest BCUT2D eigenvalue weighted by atomic mass is 9.92. The Hall–Kier alpha value is -2.16. The number of rotatable bonds is 4. The highest BCUT2D eigenvalue weighted by Crippen LogP contribution is 2.21. The maximum absolute atomic E-state index is 11.4. The minimum absolute atomic E-state index is 0.487. The SMILES string of the molecule is Cc1ccc(C(Cc2ccncc2)C(=O)O)cc1. The van der Waals surface area contributed by atoms with E-state index in [0.717, 1.165) is 16.7 Å². The van der Waals surface area contributed by atoms with Crippen LogP contribution in [0.2, 0.25) is 0 Å². The van der Waals surface area contributed by atoms with E-state index in [1.54, 1.807) is 12.4 Å². The van der Waals surface area contributed by atoms with Crippen LogP contribution in [0.4, 0.5) is 0 Å². The number of carboxylic acid groups (broad SMARTS) is 1. The van der Waals surface area contributed by atoms with Crippen LogP contribution in [0.5, 0.6) is 0 Å². The van der Waals surface area contributed by atoms with Gasteiger partial charge in [-0.25, -0.2) is 0 Å². The molecule has 0 radical (unpaired) electrons. The summed E-state index contributed by atoms with van der Waals surface area (Å²) in [6, 6.07) is 11.4. The Morgan fingerprint density at radius 3 is 2.33 bits per heavy atom. The molecule has 1 unspecified atom stereocenters. The van der Waals surface area contributed by atoms with Gasteiger partial charge in [0.05, 0.1) is 5.92 Å². The number of benzene rings is 1. The molecule has 1 aromatic heterocycles. The van der Waals surface area contributed by atoms with E-state index in [0.29, 0.717) is 6.42 Å². The fourth-order valence-corrected chi connectivity index (χ4v) is 1.90. The Morgan fingerprint density at radius 2 is 1.78 bits per heavy atom. The van der Waals surface area contributed by atoms with Crippen molar-refractivity contribution in [3.8, 4) is 0 Å². The minimum atomic E-state index is -0.796. The first-order valence-electron chi connectivity index (χ1n) is 5.85. The van der Waals surface area contributed by atoms with Crippen LogP contribution in [-0.4, -0.2) is 16.1 Å². The second-order valence-electron chi connectivity index (χ2n) is 4.36. The van der Waals surface area contributed by atoms with Crippen LogP contribution in [-0.2, 0) is 11.2 Å². The number of pyridine rings is 1. The van der Waals surface area contributed by atoms with Gasteiger partial charge in [0, 0.05) is 12.4 Å². The van der Waals surface area contributed by atoms with Gasteiger partial charge in [0.25, 0.3) is 0 Å². The minimum Gasteiger partial charge on any atom is -0.481 e. The lowest BCUT2D eigenvalue weighted by Gasteiger charge is -2.13. The van der Waals surface area contributed by atoms with Crippen molar-refractivity contribution in [2.24, 2.45) is 0 Å². The molecule has 2 rings (SSSR count). The second kappa shape index (κ2) is 5.45. The van der Waals surface area contributed by atoms with E-state index < -0.39 is 11.9 Å². The van der Waals surface area contributed by atoms with Gasteiger partial charge in [-0.3, -0.25) is 9.78 Å². The third kappa shape index (κ3) is 2.94. The van der Waals surface area contributed by atoms with E-state index in [-0.39, 0.29) is 0 Å². The summed E-state index contributed by atoms with van der Waals surface area (Å²) in [6.45, 7) is 1.99. The van der Waals surface area contributed by atoms with Gasteiger partial charge in [-0.1, -0.05) is 29.8 Å². The number of aliphatic carboxylic acids is 1. The number of hydrogen-bond acceptors (Lipinski definition) is 2. The summed E-state index contributed by atoms with van der Waals surface area (Å²) in [6.07, 6.45) is 3.85. The molecule has 1 aromatic carbocycles. The van der Waals surface area contributed by atoms with Gasteiger partial charge in [0.2, 0.25) is 0 Å². The summed E-state index contributed by atoms with van der Waals surface area (Å²) in [5.41, 5.74) is 2.95. The van der Waals surface area contributed by atoms with Crippen LogP contribution in [0, 0.1) is 6.92 Å². The van der Waals surface area contributed by atoms with Crippen molar-refractivity contribution in [2.75, 3.05) is 0 Å². The van der Waals surface area contributed by atoms with Crippen LogP contribution in [0.25, 0.3) is 0 Å². The highest BCUT2D eigenvalue weighted by molar-refractivity contribution is 5.76. The smallest absolute Gasteiger partial charge is 0.311 e. The van der Waals surface area contributed by atoms with Gasteiger partial charge in [0.15, 0.2) is 0 Å². The van der Waals surface area contributed by atoms with Crippen molar-refractivity contribution in [2.45, 2.75) is 19.3 Å². The molecule has 2 aromatic rings. The molecule has 18 heavy (non-hydrogen) atoms. The molecule has 92 valence electrons. The topological polar surface area (TPSA) is 50.2 Å². The summed E-state index contributed by atoms with van der Waals surface area (Å²) < 4.78 is 0. The molecule has 0 spiro atoms. The van der Waals surface area contributed by atoms with Crippen LogP contribution >= 0.6 is 0 Å². The molecular weight excluding hydrogens is 226 g/mol. The molecule has 0 saturated carbocycles. The average molecular weight is 241 g/mol. The average Bonchev–Trinajstić information content (AvgIpc) is 2.38. The number of carboxylic acids is 1. The van der Waals surface area contributed by atoms with Crippen LogP contribution in [0.1, 0.15) is 22.6 Å². The molecule has 3 nitrogen and oxygen atoms in total. The van der Waals surface area contributed by atoms with Crippen LogP contribution < -0.4 is 0 Å². The zero-order chi connectivity index (χ0) is 13.0. The number of aryl methyl sites for hydroxylation is 1. The third-order valence-electron chi connectivity index (χ3n) is 2.97. The molecule has 0 aliphatic carbocycles. The first kappa shape index (κ1) is 12.3. The lowest BCUT2D eigenvalue weighted by molar-refractivity contribution is -0.138. The Kier molecular flexibility index (Phi) is 3.72. The van der Waals surface area contributed by atoms with Gasteiger partial charge in [0.1, 0.15) is 0 Å². The zero-order valence-electron chi connectivity index (χ0n) is 10.2. The van der Waals surface area contributed by atoms with Crippen molar-refractivity contribution in [1.82, 2.24) is 4.98 Å². The number of carbonyl (C=O) groups is 1. The van der Waals surface area contributed by atoms with Gasteiger partial charge in [-0.05, 0) is 36.6 Å². The second-order valence-corrected chi connectivity index (χ2v) is 4.36. The Balaban J connectivity index is 2.24. The van der Waals surface area contributed by atoms with E-state index >= 15 is 0 Å². The summed E-state index contributed by atoms with van der Waals surface area (Å²) in [5.74, 6) is -1.30. The highest BCUT2D eigenvalue weighted by Gasteiger charge is 2.19. The Morgan fingerprint density at radius 1 is 1.17 bits per heavy atom. The van der Waals surface area contributed by atoms with E-state index in [2.05, 4.69) is 4.98 Å². The molecule has 0 bridgehead atoms. The standard InChI is InChI=1S/C15H15NO2/c1-11-2-4-13(5-3-11)14(15(17)18)10-12-6-8-16-9-7-12/h2-9,14H,10H2,1H3,(H,17,18). The first-order valence-corrected chi connectivity index (χ1v) is 5.85. The highest BCUT2D eigenvalue weighted by atomic mass is 16.4. The van der Waals surface area contributed by atoms with E-state index in [9.17, 15) is 9.90 Å². The van der Waals surface area contributed by atoms with Gasteiger partial charge < -0.3 is 5.11 Å². The van der Waals surface area contributed by atoms with Crippen molar-refractivity contribution < 1.29 is 9.90 Å². The molecule has 0 fully saturated rings. The molecule has 1 atom stereocenters. The van der Waals surface area contributed by atoms with Gasteiger partial charge in [-0.15, -0.1) is 0 Å². The summed E-state index contributed by atoms with van der Waals surface area (Å²) in [4.78, 5) is 15.3. The monoisotopic (exact) mass is 241 g/mol. The molecule has 0 aliphatic heterocycles. The van der Waals surface area contributed by atoms with Crippen molar-refractivity contribution in [1.29, 1.82) is 0 Å². The van der Waals surface area contributed by atoms with E-state index in [4.69, 9.17) is 0 Å².